The zero-order valence-electron chi connectivity index (χ0n) is 11.6. The van der Waals surface area contributed by atoms with Gasteiger partial charge in [0.05, 0.1) is 15.5 Å². The molecule has 0 aliphatic rings. The molecule has 1 atom stereocenters. The number of esters is 1. The van der Waals surface area contributed by atoms with Crippen LogP contribution in [-0.4, -0.2) is 16.8 Å². The maximum absolute atomic E-state index is 12.2. The van der Waals surface area contributed by atoms with E-state index in [9.17, 15) is 19.7 Å². The fourth-order valence-corrected chi connectivity index (χ4v) is 2.12. The Kier molecular flexibility index (Phi) is 4.92. The van der Waals surface area contributed by atoms with Crippen LogP contribution < -0.4 is 5.73 Å². The van der Waals surface area contributed by atoms with Crippen LogP contribution in [0, 0.1) is 10.1 Å². The van der Waals surface area contributed by atoms with Crippen LogP contribution in [0.5, 0.6) is 0 Å². The Morgan fingerprint density at radius 3 is 2.35 bits per heavy atom. The van der Waals surface area contributed by atoms with E-state index in [1.807, 2.05) is 0 Å². The van der Waals surface area contributed by atoms with Gasteiger partial charge in [-0.3, -0.25) is 14.9 Å². The number of benzene rings is 2. The van der Waals surface area contributed by atoms with Gasteiger partial charge in [-0.25, -0.2) is 4.79 Å². The minimum Gasteiger partial charge on any atom is -0.444 e. The molecule has 0 aromatic heterocycles. The van der Waals surface area contributed by atoms with Gasteiger partial charge in [-0.1, -0.05) is 41.9 Å². The average Bonchev–Trinajstić information content (AvgIpc) is 2.52. The molecule has 0 bridgehead atoms. The predicted octanol–water partition coefficient (Wildman–Crippen LogP) is 2.63. The van der Waals surface area contributed by atoms with Gasteiger partial charge in [0.15, 0.2) is 0 Å². The summed E-state index contributed by atoms with van der Waals surface area (Å²) >= 11 is 5.86. The number of amides is 1. The quantitative estimate of drug-likeness (QED) is 0.513. The highest BCUT2D eigenvalue weighted by molar-refractivity contribution is 6.33. The first kappa shape index (κ1) is 16.4. The Morgan fingerprint density at radius 1 is 1.17 bits per heavy atom. The third kappa shape index (κ3) is 3.83. The maximum Gasteiger partial charge on any atom is 0.340 e. The molecule has 2 aromatic carbocycles. The molecule has 0 aliphatic heterocycles. The Bertz CT molecular complexity index is 764. The summed E-state index contributed by atoms with van der Waals surface area (Å²) < 4.78 is 5.10. The van der Waals surface area contributed by atoms with Crippen LogP contribution in [0.1, 0.15) is 22.0 Å². The molecule has 0 heterocycles. The van der Waals surface area contributed by atoms with E-state index in [-0.39, 0.29) is 16.3 Å². The van der Waals surface area contributed by atoms with E-state index in [0.717, 1.165) is 18.2 Å². The van der Waals surface area contributed by atoms with Gasteiger partial charge in [0, 0.05) is 17.7 Å². The van der Waals surface area contributed by atoms with Crippen molar-refractivity contribution in [3.63, 3.8) is 0 Å². The summed E-state index contributed by atoms with van der Waals surface area (Å²) in [5.74, 6) is -1.75. The fourth-order valence-electron chi connectivity index (χ4n) is 1.87. The minimum absolute atomic E-state index is 0.0977. The second-order valence-electron chi connectivity index (χ2n) is 4.52. The number of nitro benzene ring substituents is 1. The highest BCUT2D eigenvalue weighted by Crippen LogP contribution is 2.25. The number of non-ortho nitro benzene ring substituents is 1. The van der Waals surface area contributed by atoms with Crippen molar-refractivity contribution >= 4 is 29.2 Å². The van der Waals surface area contributed by atoms with Crippen LogP contribution >= 0.6 is 11.6 Å². The molecule has 1 amide bonds. The summed E-state index contributed by atoms with van der Waals surface area (Å²) in [7, 11) is 0. The lowest BCUT2D eigenvalue weighted by Crippen LogP contribution is -2.26. The van der Waals surface area contributed by atoms with Crippen LogP contribution in [-0.2, 0) is 9.53 Å². The van der Waals surface area contributed by atoms with Crippen molar-refractivity contribution in [2.45, 2.75) is 6.10 Å². The van der Waals surface area contributed by atoms with Crippen molar-refractivity contribution < 1.29 is 19.2 Å². The summed E-state index contributed by atoms with van der Waals surface area (Å²) in [5, 5.41) is 10.5. The lowest BCUT2D eigenvalue weighted by molar-refractivity contribution is -0.384. The normalized spacial score (nSPS) is 11.5. The van der Waals surface area contributed by atoms with Crippen molar-refractivity contribution in [2.24, 2.45) is 5.73 Å². The number of nitrogens with zero attached hydrogens (tertiary/aromatic N) is 1. The standard InChI is InChI=1S/C15H11ClN2O5/c16-12-8-10(18(21)22)6-7-11(12)15(20)23-13(14(17)19)9-4-2-1-3-5-9/h1-8,13H,(H2,17,19). The number of ether oxygens (including phenoxy) is 1. The molecule has 23 heavy (non-hydrogen) atoms. The van der Waals surface area contributed by atoms with Crippen LogP contribution in [0.3, 0.4) is 0 Å². The maximum atomic E-state index is 12.2. The lowest BCUT2D eigenvalue weighted by Gasteiger charge is -2.15. The molecular weight excluding hydrogens is 324 g/mol. The topological polar surface area (TPSA) is 113 Å². The monoisotopic (exact) mass is 334 g/mol. The van der Waals surface area contributed by atoms with E-state index < -0.39 is 22.9 Å². The first-order chi connectivity index (χ1) is 10.9. The first-order valence-corrected chi connectivity index (χ1v) is 6.77. The smallest absolute Gasteiger partial charge is 0.340 e. The summed E-state index contributed by atoms with van der Waals surface area (Å²) in [4.78, 5) is 33.7. The van der Waals surface area contributed by atoms with Gasteiger partial charge in [0.1, 0.15) is 0 Å². The van der Waals surface area contributed by atoms with Gasteiger partial charge in [-0.05, 0) is 6.07 Å². The van der Waals surface area contributed by atoms with Gasteiger partial charge in [0.2, 0.25) is 6.10 Å². The molecular formula is C15H11ClN2O5. The van der Waals surface area contributed by atoms with Crippen molar-refractivity contribution in [2.75, 3.05) is 0 Å². The minimum atomic E-state index is -1.28. The van der Waals surface area contributed by atoms with E-state index in [1.165, 1.54) is 0 Å². The number of rotatable bonds is 5. The Morgan fingerprint density at radius 2 is 1.83 bits per heavy atom. The number of nitrogens with two attached hydrogens (primary N) is 1. The van der Waals surface area contributed by atoms with Gasteiger partial charge in [-0.15, -0.1) is 0 Å². The van der Waals surface area contributed by atoms with Crippen molar-refractivity contribution in [3.8, 4) is 0 Å². The average molecular weight is 335 g/mol. The molecule has 0 saturated carbocycles. The Hall–Kier alpha value is -2.93. The molecule has 7 nitrogen and oxygen atoms in total. The van der Waals surface area contributed by atoms with Gasteiger partial charge >= 0.3 is 5.97 Å². The van der Waals surface area contributed by atoms with Crippen molar-refractivity contribution in [1.82, 2.24) is 0 Å². The van der Waals surface area contributed by atoms with Crippen molar-refractivity contribution in [1.29, 1.82) is 0 Å². The molecule has 0 aliphatic carbocycles. The van der Waals surface area contributed by atoms with E-state index >= 15 is 0 Å². The number of hydrogen-bond acceptors (Lipinski definition) is 5. The van der Waals surface area contributed by atoms with Gasteiger partial charge < -0.3 is 10.5 Å². The van der Waals surface area contributed by atoms with E-state index in [1.54, 1.807) is 30.3 Å². The fraction of sp³-hybridized carbons (Fsp3) is 0.0667. The molecule has 118 valence electrons. The van der Waals surface area contributed by atoms with Crippen molar-refractivity contribution in [3.05, 3.63) is 74.8 Å². The molecule has 0 radical (unpaired) electrons. The highest BCUT2D eigenvalue weighted by Gasteiger charge is 2.25. The van der Waals surface area contributed by atoms with Crippen LogP contribution in [0.2, 0.25) is 5.02 Å². The first-order valence-electron chi connectivity index (χ1n) is 6.39. The molecule has 0 spiro atoms. The molecule has 0 fully saturated rings. The van der Waals surface area contributed by atoms with Crippen LogP contribution in [0.15, 0.2) is 48.5 Å². The summed E-state index contributed by atoms with van der Waals surface area (Å²) in [5.41, 5.74) is 5.31. The van der Waals surface area contributed by atoms with Crippen LogP contribution in [0.25, 0.3) is 0 Å². The zero-order valence-corrected chi connectivity index (χ0v) is 12.4. The third-order valence-corrected chi connectivity index (χ3v) is 3.28. The van der Waals surface area contributed by atoms with E-state index in [2.05, 4.69) is 0 Å². The predicted molar refractivity (Wildman–Crippen MR) is 81.9 cm³/mol. The highest BCUT2D eigenvalue weighted by atomic mass is 35.5. The molecule has 1 unspecified atom stereocenters. The summed E-state index contributed by atoms with van der Waals surface area (Å²) in [6.45, 7) is 0. The third-order valence-electron chi connectivity index (χ3n) is 2.97. The van der Waals surface area contributed by atoms with E-state index in [0.29, 0.717) is 5.56 Å². The Labute approximate surface area is 135 Å². The van der Waals surface area contributed by atoms with Gasteiger partial charge in [0.25, 0.3) is 11.6 Å². The number of nitro groups is 1. The number of primary amides is 1. The lowest BCUT2D eigenvalue weighted by atomic mass is 10.1. The number of halogens is 1. The molecule has 2 N–H and O–H groups in total. The zero-order chi connectivity index (χ0) is 17.0. The molecule has 0 saturated heterocycles. The second-order valence-corrected chi connectivity index (χ2v) is 4.93. The summed E-state index contributed by atoms with van der Waals surface area (Å²) in [6.07, 6.45) is -1.28. The molecule has 2 aromatic rings. The number of carbonyl (C=O) groups is 2. The number of hydrogen-bond donors (Lipinski definition) is 1. The largest absolute Gasteiger partial charge is 0.444 e. The second kappa shape index (κ2) is 6.89. The van der Waals surface area contributed by atoms with Crippen LogP contribution in [0.4, 0.5) is 5.69 Å². The summed E-state index contributed by atoms with van der Waals surface area (Å²) in [6, 6.07) is 11.5. The number of carbonyl (C=O) groups excluding carboxylic acids is 2. The Balaban J connectivity index is 2.26. The SMILES string of the molecule is NC(=O)C(OC(=O)c1ccc([N+](=O)[O-])cc1Cl)c1ccccc1. The molecule has 8 heteroatoms. The van der Waals surface area contributed by atoms with Gasteiger partial charge in [-0.2, -0.15) is 0 Å². The van der Waals surface area contributed by atoms with E-state index in [4.69, 9.17) is 22.1 Å². The molecule has 2 rings (SSSR count).